The van der Waals surface area contributed by atoms with Crippen LogP contribution in [0.3, 0.4) is 0 Å². The Bertz CT molecular complexity index is 421. The Morgan fingerprint density at radius 3 is 2.65 bits per heavy atom. The van der Waals surface area contributed by atoms with Crippen LogP contribution in [0.4, 0.5) is 5.69 Å². The first-order valence-corrected chi connectivity index (χ1v) is 8.36. The molecule has 0 aliphatic rings. The third-order valence-corrected chi connectivity index (χ3v) is 3.99. The number of carbonyl (C=O) groups excluding carboxylic acids is 1. The highest BCUT2D eigenvalue weighted by atomic mass is 32.2. The van der Waals surface area contributed by atoms with Crippen molar-refractivity contribution in [3.8, 4) is 0 Å². The Kier molecular flexibility index (Phi) is 7.70. The number of hydrogen-bond donors (Lipinski definition) is 1. The zero-order valence-corrected chi connectivity index (χ0v) is 13.8. The number of nitrogens with zero attached hydrogens (tertiary/aromatic N) is 1. The van der Waals surface area contributed by atoms with Crippen LogP contribution in [0.25, 0.3) is 0 Å². The molecule has 0 aliphatic heterocycles. The minimum Gasteiger partial charge on any atom is -0.325 e. The van der Waals surface area contributed by atoms with Crippen LogP contribution >= 0.6 is 11.8 Å². The van der Waals surface area contributed by atoms with Crippen molar-refractivity contribution in [1.29, 1.82) is 0 Å². The van der Waals surface area contributed by atoms with Crippen molar-refractivity contribution >= 4 is 23.4 Å². The van der Waals surface area contributed by atoms with Crippen LogP contribution in [0, 0.1) is 5.92 Å². The maximum Gasteiger partial charge on any atom is 0.225 e. The lowest BCUT2D eigenvalue weighted by molar-refractivity contribution is -0.116. The average Bonchev–Trinajstić information content (AvgIpc) is 2.43. The summed E-state index contributed by atoms with van der Waals surface area (Å²) in [6.07, 6.45) is 3.73. The summed E-state index contributed by atoms with van der Waals surface area (Å²) in [4.78, 5) is 15.3. The van der Waals surface area contributed by atoms with Crippen molar-refractivity contribution in [2.45, 2.75) is 31.6 Å². The lowest BCUT2D eigenvalue weighted by Crippen LogP contribution is -2.26. The third-order valence-electron chi connectivity index (χ3n) is 3.19. The van der Waals surface area contributed by atoms with E-state index < -0.39 is 0 Å². The minimum atomic E-state index is 0.0860. The zero-order valence-electron chi connectivity index (χ0n) is 13.0. The first kappa shape index (κ1) is 17.1. The fourth-order valence-corrected chi connectivity index (χ4v) is 2.40. The molecule has 0 unspecified atom stereocenters. The Morgan fingerprint density at radius 1 is 1.30 bits per heavy atom. The second-order valence-corrected chi connectivity index (χ2v) is 6.33. The molecule has 1 aromatic carbocycles. The van der Waals surface area contributed by atoms with Gasteiger partial charge in [0.2, 0.25) is 5.91 Å². The van der Waals surface area contributed by atoms with Crippen molar-refractivity contribution in [3.05, 3.63) is 24.3 Å². The van der Waals surface area contributed by atoms with Crippen LogP contribution in [0.5, 0.6) is 0 Å². The first-order valence-electron chi connectivity index (χ1n) is 7.14. The van der Waals surface area contributed by atoms with Gasteiger partial charge in [-0.25, -0.2) is 0 Å². The van der Waals surface area contributed by atoms with Gasteiger partial charge < -0.3 is 10.2 Å². The molecule has 1 amide bonds. The maximum absolute atomic E-state index is 12.0. The molecule has 1 aromatic rings. The van der Waals surface area contributed by atoms with Crippen molar-refractivity contribution in [2.24, 2.45) is 5.92 Å². The van der Waals surface area contributed by atoms with E-state index in [4.69, 9.17) is 0 Å². The van der Waals surface area contributed by atoms with Crippen molar-refractivity contribution < 1.29 is 4.79 Å². The van der Waals surface area contributed by atoms with E-state index in [2.05, 4.69) is 31.1 Å². The Balaban J connectivity index is 2.36. The molecule has 0 radical (unpaired) electrons. The number of carbonyl (C=O) groups is 1. The van der Waals surface area contributed by atoms with Gasteiger partial charge in [0.1, 0.15) is 0 Å². The average molecular weight is 294 g/mol. The molecule has 0 spiro atoms. The molecule has 20 heavy (non-hydrogen) atoms. The summed E-state index contributed by atoms with van der Waals surface area (Å²) in [6, 6.07) is 7.91. The molecule has 1 rings (SSSR count). The molecule has 0 saturated carbocycles. The van der Waals surface area contributed by atoms with Crippen LogP contribution in [0.15, 0.2) is 29.2 Å². The van der Waals surface area contributed by atoms with Crippen molar-refractivity contribution in [1.82, 2.24) is 4.90 Å². The minimum absolute atomic E-state index is 0.0860. The Hall–Kier alpha value is -1.00. The first-order chi connectivity index (χ1) is 9.52. The van der Waals surface area contributed by atoms with Gasteiger partial charge in [0, 0.05) is 17.9 Å². The molecule has 4 heteroatoms. The van der Waals surface area contributed by atoms with Gasteiger partial charge in [0.05, 0.1) is 5.69 Å². The molecule has 0 aliphatic carbocycles. The number of benzene rings is 1. The molecule has 3 nitrogen and oxygen atoms in total. The van der Waals surface area contributed by atoms with E-state index in [1.54, 1.807) is 11.8 Å². The van der Waals surface area contributed by atoms with E-state index in [9.17, 15) is 4.79 Å². The molecule has 0 saturated heterocycles. The second-order valence-electron chi connectivity index (χ2n) is 5.48. The molecule has 0 heterocycles. The topological polar surface area (TPSA) is 32.3 Å². The molecule has 0 atom stereocenters. The van der Waals surface area contributed by atoms with Crippen molar-refractivity contribution in [3.63, 3.8) is 0 Å². The van der Waals surface area contributed by atoms with E-state index >= 15 is 0 Å². The number of anilines is 1. The highest BCUT2D eigenvalue weighted by molar-refractivity contribution is 7.98. The van der Waals surface area contributed by atoms with Gasteiger partial charge in [-0.05, 0) is 44.3 Å². The summed E-state index contributed by atoms with van der Waals surface area (Å²) in [5.41, 5.74) is 0.912. The van der Waals surface area contributed by atoms with Gasteiger partial charge in [0.25, 0.3) is 0 Å². The van der Waals surface area contributed by atoms with Gasteiger partial charge in [-0.3, -0.25) is 4.79 Å². The van der Waals surface area contributed by atoms with E-state index in [-0.39, 0.29) is 5.91 Å². The summed E-state index contributed by atoms with van der Waals surface area (Å²) >= 11 is 1.65. The molecule has 0 bridgehead atoms. The lowest BCUT2D eigenvalue weighted by Gasteiger charge is -2.17. The number of amides is 1. The van der Waals surface area contributed by atoms with E-state index in [0.29, 0.717) is 12.3 Å². The fraction of sp³-hybridized carbons (Fsp3) is 0.562. The lowest BCUT2D eigenvalue weighted by atomic mass is 10.1. The van der Waals surface area contributed by atoms with Crippen molar-refractivity contribution in [2.75, 3.05) is 31.7 Å². The number of thioether (sulfide) groups is 1. The maximum atomic E-state index is 12.0. The molecule has 0 aromatic heterocycles. The fourth-order valence-electron chi connectivity index (χ4n) is 1.84. The standard InChI is InChI=1S/C16H26N2OS/c1-13(2)9-11-18(3)12-10-16(19)17-14-7-5-6-8-15(14)20-4/h5-8,13H,9-12H2,1-4H3,(H,17,19). The summed E-state index contributed by atoms with van der Waals surface area (Å²) in [7, 11) is 2.07. The highest BCUT2D eigenvalue weighted by Crippen LogP contribution is 2.24. The van der Waals surface area contributed by atoms with Crippen LogP contribution in [-0.4, -0.2) is 37.2 Å². The largest absolute Gasteiger partial charge is 0.325 e. The predicted molar refractivity (Wildman–Crippen MR) is 88.4 cm³/mol. The summed E-state index contributed by atoms with van der Waals surface area (Å²) in [5, 5.41) is 3.00. The van der Waals surface area contributed by atoms with E-state index in [1.165, 1.54) is 6.42 Å². The molecule has 1 N–H and O–H groups in total. The van der Waals surface area contributed by atoms with Gasteiger partial charge in [-0.15, -0.1) is 11.8 Å². The van der Waals surface area contributed by atoms with Crippen LogP contribution in [0.1, 0.15) is 26.7 Å². The SMILES string of the molecule is CSc1ccccc1NC(=O)CCN(C)CCC(C)C. The number of nitrogens with one attached hydrogen (secondary N) is 1. The Morgan fingerprint density at radius 2 is 2.00 bits per heavy atom. The number of para-hydroxylation sites is 1. The third kappa shape index (κ3) is 6.44. The molecular weight excluding hydrogens is 268 g/mol. The molecule has 112 valence electrons. The number of hydrogen-bond acceptors (Lipinski definition) is 3. The van der Waals surface area contributed by atoms with Crippen LogP contribution in [0.2, 0.25) is 0 Å². The Labute approximate surface area is 127 Å². The molecular formula is C16H26N2OS. The van der Waals surface area contributed by atoms with Gasteiger partial charge >= 0.3 is 0 Å². The van der Waals surface area contributed by atoms with Crippen LogP contribution in [-0.2, 0) is 4.79 Å². The summed E-state index contributed by atoms with van der Waals surface area (Å²) < 4.78 is 0. The smallest absolute Gasteiger partial charge is 0.225 e. The quantitative estimate of drug-likeness (QED) is 0.742. The van der Waals surface area contributed by atoms with Gasteiger partial charge in [-0.2, -0.15) is 0 Å². The number of rotatable bonds is 8. The zero-order chi connectivity index (χ0) is 15.0. The van der Waals surface area contributed by atoms with Crippen LogP contribution < -0.4 is 5.32 Å². The predicted octanol–water partition coefficient (Wildman–Crippen LogP) is 3.72. The van der Waals surface area contributed by atoms with E-state index in [0.717, 1.165) is 23.7 Å². The van der Waals surface area contributed by atoms with E-state index in [1.807, 2.05) is 30.5 Å². The van der Waals surface area contributed by atoms with Gasteiger partial charge in [-0.1, -0.05) is 26.0 Å². The van der Waals surface area contributed by atoms with Gasteiger partial charge in [0.15, 0.2) is 0 Å². The molecule has 0 fully saturated rings. The monoisotopic (exact) mass is 294 g/mol. The summed E-state index contributed by atoms with van der Waals surface area (Å²) in [5.74, 6) is 0.794. The normalized spacial score (nSPS) is 11.1. The summed E-state index contributed by atoms with van der Waals surface area (Å²) in [6.45, 7) is 6.30. The second kappa shape index (κ2) is 9.03. The highest BCUT2D eigenvalue weighted by Gasteiger charge is 2.08.